The van der Waals surface area contributed by atoms with Gasteiger partial charge in [0, 0.05) is 11.7 Å². The molecule has 0 atom stereocenters. The van der Waals surface area contributed by atoms with Gasteiger partial charge in [-0.2, -0.15) is 0 Å². The Bertz CT molecular complexity index is 323. The standard InChI is InChI=1S/C9H12BNO2/c1-3-4-9-7(2)5-8(6-11-9)10(12)13/h3-6,12-13H,1-2H3. The summed E-state index contributed by atoms with van der Waals surface area (Å²) in [4.78, 5) is 4.08. The van der Waals surface area contributed by atoms with E-state index in [2.05, 4.69) is 4.98 Å². The van der Waals surface area contributed by atoms with Crippen LogP contribution in [-0.2, 0) is 0 Å². The summed E-state index contributed by atoms with van der Waals surface area (Å²) >= 11 is 0. The van der Waals surface area contributed by atoms with Gasteiger partial charge in [0.15, 0.2) is 0 Å². The van der Waals surface area contributed by atoms with Gasteiger partial charge in [0.2, 0.25) is 0 Å². The first-order chi connectivity index (χ1) is 6.15. The molecule has 0 amide bonds. The highest BCUT2D eigenvalue weighted by atomic mass is 16.4. The first-order valence-corrected chi connectivity index (χ1v) is 4.10. The molecule has 0 aromatic carbocycles. The average molecular weight is 177 g/mol. The third-order valence-electron chi connectivity index (χ3n) is 1.76. The molecule has 68 valence electrons. The highest BCUT2D eigenvalue weighted by Crippen LogP contribution is 2.03. The number of nitrogens with zero attached hydrogens (tertiary/aromatic N) is 1. The van der Waals surface area contributed by atoms with E-state index in [1.165, 1.54) is 6.20 Å². The molecule has 0 spiro atoms. The van der Waals surface area contributed by atoms with Gasteiger partial charge in [0.1, 0.15) is 0 Å². The molecular weight excluding hydrogens is 165 g/mol. The molecule has 0 aliphatic carbocycles. The Morgan fingerprint density at radius 2 is 2.15 bits per heavy atom. The van der Waals surface area contributed by atoms with E-state index in [1.807, 2.05) is 26.0 Å². The van der Waals surface area contributed by atoms with Crippen LogP contribution in [0.1, 0.15) is 18.2 Å². The van der Waals surface area contributed by atoms with Crippen molar-refractivity contribution in [2.45, 2.75) is 13.8 Å². The second-order valence-corrected chi connectivity index (χ2v) is 2.84. The van der Waals surface area contributed by atoms with Crippen LogP contribution in [0.4, 0.5) is 0 Å². The Balaban J connectivity index is 3.05. The van der Waals surface area contributed by atoms with Gasteiger partial charge in [-0.1, -0.05) is 12.1 Å². The van der Waals surface area contributed by atoms with Crippen LogP contribution in [-0.4, -0.2) is 22.2 Å². The molecule has 0 bridgehead atoms. The fourth-order valence-corrected chi connectivity index (χ4v) is 1.08. The van der Waals surface area contributed by atoms with Crippen molar-refractivity contribution >= 4 is 18.7 Å². The monoisotopic (exact) mass is 177 g/mol. The number of hydrogen-bond acceptors (Lipinski definition) is 3. The summed E-state index contributed by atoms with van der Waals surface area (Å²) in [5.74, 6) is 0. The fourth-order valence-electron chi connectivity index (χ4n) is 1.08. The van der Waals surface area contributed by atoms with Crippen LogP contribution in [0.25, 0.3) is 6.08 Å². The molecule has 0 aliphatic heterocycles. The molecule has 1 aromatic heterocycles. The van der Waals surface area contributed by atoms with Crippen molar-refractivity contribution in [1.82, 2.24) is 4.98 Å². The second-order valence-electron chi connectivity index (χ2n) is 2.84. The van der Waals surface area contributed by atoms with Gasteiger partial charge in [0.25, 0.3) is 0 Å². The van der Waals surface area contributed by atoms with Crippen molar-refractivity contribution in [3.8, 4) is 0 Å². The largest absolute Gasteiger partial charge is 0.490 e. The fraction of sp³-hybridized carbons (Fsp3) is 0.222. The summed E-state index contributed by atoms with van der Waals surface area (Å²) in [6, 6.07) is 1.72. The molecule has 3 nitrogen and oxygen atoms in total. The first kappa shape index (κ1) is 9.96. The summed E-state index contributed by atoms with van der Waals surface area (Å²) in [5, 5.41) is 17.7. The Morgan fingerprint density at radius 3 is 2.62 bits per heavy atom. The molecule has 4 heteroatoms. The molecule has 0 saturated heterocycles. The van der Waals surface area contributed by atoms with Crippen molar-refractivity contribution in [3.63, 3.8) is 0 Å². The summed E-state index contributed by atoms with van der Waals surface area (Å²) in [6.45, 7) is 3.80. The number of hydrogen-bond donors (Lipinski definition) is 2. The highest BCUT2D eigenvalue weighted by molar-refractivity contribution is 6.58. The smallest absolute Gasteiger partial charge is 0.423 e. The Labute approximate surface area is 77.9 Å². The summed E-state index contributed by atoms with van der Waals surface area (Å²) in [6.07, 6.45) is 5.24. The Kier molecular flexibility index (Phi) is 3.22. The SMILES string of the molecule is CC=Cc1ncc(B(O)O)cc1C. The van der Waals surface area contributed by atoms with Gasteiger partial charge in [-0.3, -0.25) is 4.98 Å². The van der Waals surface area contributed by atoms with E-state index < -0.39 is 7.12 Å². The van der Waals surface area contributed by atoms with E-state index in [0.717, 1.165) is 11.3 Å². The van der Waals surface area contributed by atoms with E-state index >= 15 is 0 Å². The van der Waals surface area contributed by atoms with E-state index in [4.69, 9.17) is 10.0 Å². The van der Waals surface area contributed by atoms with Crippen molar-refractivity contribution in [3.05, 3.63) is 29.6 Å². The lowest BCUT2D eigenvalue weighted by molar-refractivity contribution is 0.425. The van der Waals surface area contributed by atoms with Crippen LogP contribution in [0.15, 0.2) is 18.3 Å². The van der Waals surface area contributed by atoms with Gasteiger partial charge in [-0.15, -0.1) is 0 Å². The third kappa shape index (κ3) is 2.40. The maximum Gasteiger partial charge on any atom is 0.490 e. The van der Waals surface area contributed by atoms with Gasteiger partial charge in [-0.25, -0.2) is 0 Å². The molecule has 0 radical (unpaired) electrons. The molecular formula is C9H12BNO2. The zero-order valence-electron chi connectivity index (χ0n) is 7.73. The van der Waals surface area contributed by atoms with E-state index in [-0.39, 0.29) is 0 Å². The predicted molar refractivity (Wildman–Crippen MR) is 53.5 cm³/mol. The van der Waals surface area contributed by atoms with Crippen molar-refractivity contribution in [1.29, 1.82) is 0 Å². The van der Waals surface area contributed by atoms with Gasteiger partial charge >= 0.3 is 7.12 Å². The number of allylic oxidation sites excluding steroid dienone is 1. The minimum atomic E-state index is -1.44. The van der Waals surface area contributed by atoms with Crippen molar-refractivity contribution < 1.29 is 10.0 Å². The molecule has 2 N–H and O–H groups in total. The minimum absolute atomic E-state index is 0.422. The molecule has 0 saturated carbocycles. The molecule has 1 aromatic rings. The van der Waals surface area contributed by atoms with Gasteiger partial charge in [-0.05, 0) is 25.5 Å². The quantitative estimate of drug-likeness (QED) is 0.630. The predicted octanol–water partition coefficient (Wildman–Crippen LogP) is 0.103. The number of aryl methyl sites for hydroxylation is 1. The van der Waals surface area contributed by atoms with E-state index in [0.29, 0.717) is 5.46 Å². The average Bonchev–Trinajstić information content (AvgIpc) is 2.08. The zero-order valence-corrected chi connectivity index (χ0v) is 7.73. The first-order valence-electron chi connectivity index (χ1n) is 4.10. The van der Waals surface area contributed by atoms with Crippen LogP contribution in [0.5, 0.6) is 0 Å². The Morgan fingerprint density at radius 1 is 1.46 bits per heavy atom. The van der Waals surface area contributed by atoms with Crippen LogP contribution < -0.4 is 5.46 Å². The summed E-state index contributed by atoms with van der Waals surface area (Å²) in [7, 11) is -1.44. The van der Waals surface area contributed by atoms with Gasteiger partial charge in [0.05, 0.1) is 5.69 Å². The van der Waals surface area contributed by atoms with Crippen LogP contribution in [0, 0.1) is 6.92 Å². The zero-order chi connectivity index (χ0) is 9.84. The maximum absolute atomic E-state index is 8.87. The second kappa shape index (κ2) is 4.21. The number of aromatic nitrogens is 1. The normalized spacial score (nSPS) is 10.8. The third-order valence-corrected chi connectivity index (χ3v) is 1.76. The van der Waals surface area contributed by atoms with Gasteiger partial charge < -0.3 is 10.0 Å². The Hall–Kier alpha value is -1.13. The highest BCUT2D eigenvalue weighted by Gasteiger charge is 2.11. The topological polar surface area (TPSA) is 53.4 Å². The van der Waals surface area contributed by atoms with Crippen molar-refractivity contribution in [2.24, 2.45) is 0 Å². The molecule has 0 unspecified atom stereocenters. The molecule has 1 heterocycles. The molecule has 0 aliphatic rings. The lowest BCUT2D eigenvalue weighted by Crippen LogP contribution is -2.30. The molecule has 0 fully saturated rings. The number of rotatable bonds is 2. The maximum atomic E-state index is 8.87. The van der Waals surface area contributed by atoms with Crippen LogP contribution >= 0.6 is 0 Å². The molecule has 13 heavy (non-hydrogen) atoms. The lowest BCUT2D eigenvalue weighted by Gasteiger charge is -2.02. The lowest BCUT2D eigenvalue weighted by atomic mass is 9.81. The number of pyridine rings is 1. The van der Waals surface area contributed by atoms with Crippen LogP contribution in [0.3, 0.4) is 0 Å². The summed E-state index contributed by atoms with van der Waals surface area (Å²) < 4.78 is 0. The van der Waals surface area contributed by atoms with E-state index in [9.17, 15) is 0 Å². The van der Waals surface area contributed by atoms with Crippen LogP contribution in [0.2, 0.25) is 0 Å². The van der Waals surface area contributed by atoms with Crippen molar-refractivity contribution in [2.75, 3.05) is 0 Å². The summed E-state index contributed by atoms with van der Waals surface area (Å²) in [5.41, 5.74) is 2.21. The van der Waals surface area contributed by atoms with E-state index in [1.54, 1.807) is 6.07 Å². The molecule has 1 rings (SSSR count). The minimum Gasteiger partial charge on any atom is -0.423 e.